The minimum atomic E-state index is -1.08. The molecule has 2 N–H and O–H groups in total. The summed E-state index contributed by atoms with van der Waals surface area (Å²) < 4.78 is 1.60. The molecule has 8 nitrogen and oxygen atoms in total. The molecule has 0 unspecified atom stereocenters. The molecule has 1 heterocycles. The second kappa shape index (κ2) is 6.91. The molecule has 2 rings (SSSR count). The Morgan fingerprint density at radius 1 is 1.43 bits per heavy atom. The molecule has 0 saturated heterocycles. The van der Waals surface area contributed by atoms with Gasteiger partial charge in [-0.1, -0.05) is 30.3 Å². The fourth-order valence-corrected chi connectivity index (χ4v) is 2.42. The summed E-state index contributed by atoms with van der Waals surface area (Å²) >= 11 is 0. The number of carboxylic acid groups (broad SMARTS) is 1. The number of carboxylic acids is 1. The number of benzene rings is 1. The molecule has 0 bridgehead atoms. The molecule has 0 saturated carbocycles. The van der Waals surface area contributed by atoms with Crippen LogP contribution in [0.25, 0.3) is 0 Å². The number of nitro groups is 1. The lowest BCUT2D eigenvalue weighted by atomic mass is 10.1. The fraction of sp³-hybridized carbons (Fsp3) is 0.333. The Morgan fingerprint density at radius 2 is 2.09 bits per heavy atom. The van der Waals surface area contributed by atoms with Gasteiger partial charge in [-0.15, -0.1) is 0 Å². The number of nitrogens with zero attached hydrogens (tertiary/aromatic N) is 3. The van der Waals surface area contributed by atoms with Gasteiger partial charge in [0.25, 0.3) is 0 Å². The summed E-state index contributed by atoms with van der Waals surface area (Å²) in [5.41, 5.74) is 0.828. The Kier molecular flexibility index (Phi) is 4.95. The van der Waals surface area contributed by atoms with Crippen molar-refractivity contribution in [2.45, 2.75) is 32.9 Å². The van der Waals surface area contributed by atoms with Crippen LogP contribution < -0.4 is 5.32 Å². The van der Waals surface area contributed by atoms with Crippen molar-refractivity contribution in [3.8, 4) is 0 Å². The molecule has 0 amide bonds. The van der Waals surface area contributed by atoms with Gasteiger partial charge in [-0.05, 0) is 22.4 Å². The Morgan fingerprint density at radius 3 is 2.61 bits per heavy atom. The van der Waals surface area contributed by atoms with Gasteiger partial charge < -0.3 is 20.5 Å². The first-order valence-electron chi connectivity index (χ1n) is 7.18. The van der Waals surface area contributed by atoms with Crippen molar-refractivity contribution in [2.24, 2.45) is 0 Å². The highest BCUT2D eigenvalue weighted by molar-refractivity contribution is 5.78. The van der Waals surface area contributed by atoms with Crippen LogP contribution in [0.15, 0.2) is 30.3 Å². The molecule has 0 radical (unpaired) electrons. The highest BCUT2D eigenvalue weighted by atomic mass is 16.6. The van der Waals surface area contributed by atoms with E-state index in [1.54, 1.807) is 11.5 Å². The van der Waals surface area contributed by atoms with E-state index in [4.69, 9.17) is 0 Å². The minimum Gasteiger partial charge on any atom is -0.480 e. The predicted octanol–water partition coefficient (Wildman–Crippen LogP) is 2.23. The Labute approximate surface area is 132 Å². The van der Waals surface area contributed by atoms with Crippen LogP contribution in [0.4, 0.5) is 11.6 Å². The lowest BCUT2D eigenvalue weighted by Gasteiger charge is -2.16. The number of imidazole rings is 1. The molecule has 0 aliphatic heterocycles. The van der Waals surface area contributed by atoms with E-state index < -0.39 is 16.9 Å². The van der Waals surface area contributed by atoms with Crippen LogP contribution >= 0.6 is 0 Å². The molecule has 0 fully saturated rings. The van der Waals surface area contributed by atoms with Crippen LogP contribution in [0.3, 0.4) is 0 Å². The number of anilines is 1. The number of hydrogen-bond acceptors (Lipinski definition) is 5. The molecule has 8 heteroatoms. The molecule has 1 aromatic heterocycles. The van der Waals surface area contributed by atoms with E-state index >= 15 is 0 Å². The topological polar surface area (TPSA) is 110 Å². The summed E-state index contributed by atoms with van der Waals surface area (Å²) in [6, 6.07) is 8.11. The molecular weight excluding hydrogens is 300 g/mol. The zero-order valence-electron chi connectivity index (χ0n) is 12.9. The number of nitrogens with one attached hydrogen (secondary N) is 1. The van der Waals surface area contributed by atoms with Crippen molar-refractivity contribution >= 4 is 17.6 Å². The number of rotatable bonds is 7. The maximum absolute atomic E-state index is 11.5. The van der Waals surface area contributed by atoms with Gasteiger partial charge in [-0.3, -0.25) is 4.57 Å². The lowest BCUT2D eigenvalue weighted by molar-refractivity contribution is -0.388. The van der Waals surface area contributed by atoms with E-state index in [1.807, 2.05) is 37.3 Å². The second-order valence-electron chi connectivity index (χ2n) is 5.06. The SMILES string of the molecule is CCn1c(C)nc([N+](=O)[O-])c1N[C@@H](Cc1ccccc1)C(=O)O. The second-order valence-corrected chi connectivity index (χ2v) is 5.06. The number of carbonyl (C=O) groups is 1. The molecular formula is C15H18N4O4. The van der Waals surface area contributed by atoms with Crippen LogP contribution in [0, 0.1) is 17.0 Å². The Balaban J connectivity index is 2.33. The van der Waals surface area contributed by atoms with Gasteiger partial charge in [0.05, 0.1) is 0 Å². The number of aryl methyl sites for hydroxylation is 1. The lowest BCUT2D eigenvalue weighted by Crippen LogP contribution is -2.32. The molecule has 23 heavy (non-hydrogen) atoms. The first kappa shape index (κ1) is 16.5. The monoisotopic (exact) mass is 318 g/mol. The fourth-order valence-electron chi connectivity index (χ4n) is 2.42. The van der Waals surface area contributed by atoms with E-state index in [0.717, 1.165) is 5.56 Å². The summed E-state index contributed by atoms with van der Waals surface area (Å²) in [5.74, 6) is -0.850. The van der Waals surface area contributed by atoms with Crippen molar-refractivity contribution in [3.05, 3.63) is 51.8 Å². The predicted molar refractivity (Wildman–Crippen MR) is 84.5 cm³/mol. The number of aromatic nitrogens is 2. The first-order valence-corrected chi connectivity index (χ1v) is 7.18. The van der Waals surface area contributed by atoms with Gasteiger partial charge in [0.1, 0.15) is 6.04 Å². The van der Waals surface area contributed by atoms with Crippen LogP contribution in [0.1, 0.15) is 18.3 Å². The van der Waals surface area contributed by atoms with Gasteiger partial charge in [0.2, 0.25) is 11.6 Å². The average Bonchev–Trinajstić information content (AvgIpc) is 2.83. The van der Waals surface area contributed by atoms with Crippen LogP contribution in [-0.2, 0) is 17.8 Å². The van der Waals surface area contributed by atoms with Crippen LogP contribution in [0.2, 0.25) is 0 Å². The Bertz CT molecular complexity index is 712. The third kappa shape index (κ3) is 3.65. The zero-order chi connectivity index (χ0) is 17.0. The third-order valence-corrected chi connectivity index (χ3v) is 3.52. The summed E-state index contributed by atoms with van der Waals surface area (Å²) in [4.78, 5) is 26.0. The minimum absolute atomic E-state index is 0.123. The smallest absolute Gasteiger partial charge is 0.406 e. The van der Waals surface area contributed by atoms with Gasteiger partial charge in [0.15, 0.2) is 0 Å². The van der Waals surface area contributed by atoms with E-state index in [-0.39, 0.29) is 18.1 Å². The van der Waals surface area contributed by atoms with E-state index in [2.05, 4.69) is 10.3 Å². The maximum atomic E-state index is 11.5. The highest BCUT2D eigenvalue weighted by Crippen LogP contribution is 2.26. The van der Waals surface area contributed by atoms with Gasteiger partial charge in [-0.25, -0.2) is 4.79 Å². The van der Waals surface area contributed by atoms with E-state index in [9.17, 15) is 20.0 Å². The molecule has 122 valence electrons. The van der Waals surface area contributed by atoms with E-state index in [0.29, 0.717) is 12.4 Å². The molecule has 0 spiro atoms. The first-order chi connectivity index (χ1) is 10.9. The average molecular weight is 318 g/mol. The molecule has 1 aromatic carbocycles. The van der Waals surface area contributed by atoms with E-state index in [1.165, 1.54) is 0 Å². The Hall–Kier alpha value is -2.90. The summed E-state index contributed by atoms with van der Waals surface area (Å²) in [7, 11) is 0. The third-order valence-electron chi connectivity index (χ3n) is 3.52. The van der Waals surface area contributed by atoms with Crippen molar-refractivity contribution in [1.82, 2.24) is 9.55 Å². The number of hydrogen-bond donors (Lipinski definition) is 2. The van der Waals surface area contributed by atoms with Crippen LogP contribution in [0.5, 0.6) is 0 Å². The van der Waals surface area contributed by atoms with Crippen LogP contribution in [-0.4, -0.2) is 31.6 Å². The normalized spacial score (nSPS) is 11.9. The summed E-state index contributed by atoms with van der Waals surface area (Å²) in [6.45, 7) is 3.91. The van der Waals surface area contributed by atoms with Gasteiger partial charge in [0, 0.05) is 19.9 Å². The standard InChI is InChI=1S/C15H18N4O4/c1-3-18-10(2)16-14(19(22)23)13(18)17-12(15(20)21)9-11-7-5-4-6-8-11/h4-8,12,17H,3,9H2,1-2H3,(H,20,21)/t12-/m0/s1. The molecule has 2 aromatic rings. The van der Waals surface area contributed by atoms with Crippen molar-refractivity contribution in [2.75, 3.05) is 5.32 Å². The molecule has 0 aliphatic rings. The summed E-state index contributed by atoms with van der Waals surface area (Å²) in [6.07, 6.45) is 0.210. The largest absolute Gasteiger partial charge is 0.480 e. The van der Waals surface area contributed by atoms with Crippen molar-refractivity contribution in [1.29, 1.82) is 0 Å². The highest BCUT2D eigenvalue weighted by Gasteiger charge is 2.29. The quantitative estimate of drug-likeness (QED) is 0.598. The van der Waals surface area contributed by atoms with Crippen molar-refractivity contribution < 1.29 is 14.8 Å². The zero-order valence-corrected chi connectivity index (χ0v) is 12.9. The summed E-state index contributed by atoms with van der Waals surface area (Å²) in [5, 5.41) is 23.4. The van der Waals surface area contributed by atoms with Gasteiger partial charge in [-0.2, -0.15) is 0 Å². The molecule has 0 aliphatic carbocycles. The number of aliphatic carboxylic acids is 1. The van der Waals surface area contributed by atoms with Crippen molar-refractivity contribution in [3.63, 3.8) is 0 Å². The molecule has 1 atom stereocenters. The van der Waals surface area contributed by atoms with Gasteiger partial charge >= 0.3 is 11.8 Å². The maximum Gasteiger partial charge on any atom is 0.406 e.